The highest BCUT2D eigenvalue weighted by Gasteiger charge is 2.37. The summed E-state index contributed by atoms with van der Waals surface area (Å²) in [5.74, 6) is -1.13. The Labute approximate surface area is 113 Å². The molecular weight excluding hydrogens is 250 g/mol. The monoisotopic (exact) mass is 273 g/mol. The van der Waals surface area contributed by atoms with E-state index in [0.29, 0.717) is 26.0 Å². The van der Waals surface area contributed by atoms with Crippen molar-refractivity contribution < 1.29 is 24.2 Å². The predicted octanol–water partition coefficient (Wildman–Crippen LogP) is 0.892. The maximum Gasteiger partial charge on any atom is 0.332 e. The van der Waals surface area contributed by atoms with Gasteiger partial charge in [0, 0.05) is 19.7 Å². The average Bonchev–Trinajstić information content (AvgIpc) is 2.88. The van der Waals surface area contributed by atoms with Crippen molar-refractivity contribution in [2.24, 2.45) is 0 Å². The zero-order valence-corrected chi connectivity index (χ0v) is 11.8. The van der Waals surface area contributed by atoms with E-state index in [9.17, 15) is 9.59 Å². The van der Waals surface area contributed by atoms with Crippen molar-refractivity contribution in [2.75, 3.05) is 20.3 Å². The van der Waals surface area contributed by atoms with E-state index in [0.717, 1.165) is 6.42 Å². The quantitative estimate of drug-likeness (QED) is 0.745. The first-order chi connectivity index (χ1) is 9.01. The van der Waals surface area contributed by atoms with Crippen molar-refractivity contribution in [3.05, 3.63) is 0 Å². The smallest absolute Gasteiger partial charge is 0.332 e. The number of carbonyl (C=O) groups excluding carboxylic acids is 1. The molecule has 1 N–H and O–H groups in total. The van der Waals surface area contributed by atoms with Crippen LogP contribution in [0.3, 0.4) is 0 Å². The second kappa shape index (κ2) is 7.45. The van der Waals surface area contributed by atoms with E-state index in [4.69, 9.17) is 14.6 Å². The van der Waals surface area contributed by atoms with Crippen molar-refractivity contribution in [3.8, 4) is 0 Å². The molecule has 0 saturated carbocycles. The zero-order chi connectivity index (χ0) is 14.4. The summed E-state index contributed by atoms with van der Waals surface area (Å²) in [5.41, 5.74) is 0. The molecule has 3 unspecified atom stereocenters. The van der Waals surface area contributed by atoms with Crippen LogP contribution in [0.5, 0.6) is 0 Å². The lowest BCUT2D eigenvalue weighted by atomic mass is 10.1. The van der Waals surface area contributed by atoms with Crippen LogP contribution in [0, 0.1) is 0 Å². The van der Waals surface area contributed by atoms with E-state index >= 15 is 0 Å². The number of aliphatic carboxylic acids is 1. The Balaban J connectivity index is 2.63. The molecule has 3 atom stereocenters. The Bertz CT molecular complexity index is 320. The van der Waals surface area contributed by atoms with Crippen LogP contribution in [0.2, 0.25) is 0 Å². The third kappa shape index (κ3) is 4.18. The Morgan fingerprint density at radius 2 is 2.05 bits per heavy atom. The van der Waals surface area contributed by atoms with Gasteiger partial charge in [0.2, 0.25) is 0 Å². The van der Waals surface area contributed by atoms with E-state index in [-0.39, 0.29) is 11.9 Å². The number of hydrogen-bond acceptors (Lipinski definition) is 4. The minimum Gasteiger partial charge on any atom is -0.479 e. The maximum absolute atomic E-state index is 12.4. The standard InChI is InChI=1S/C13H23NO5/c1-4-9(2)14(7-8-18-3)12(15)10-5-6-11(19-10)13(16)17/h9-11H,4-8H2,1-3H3,(H,16,17). The molecule has 0 bridgehead atoms. The number of carbonyl (C=O) groups is 2. The summed E-state index contributed by atoms with van der Waals surface area (Å²) >= 11 is 0. The molecule has 1 rings (SSSR count). The van der Waals surface area contributed by atoms with Gasteiger partial charge in [-0.25, -0.2) is 4.79 Å². The van der Waals surface area contributed by atoms with Gasteiger partial charge < -0.3 is 19.5 Å². The minimum absolute atomic E-state index is 0.0927. The number of hydrogen-bond donors (Lipinski definition) is 1. The summed E-state index contributed by atoms with van der Waals surface area (Å²) in [6, 6.07) is 0.0927. The van der Waals surface area contributed by atoms with Crippen LogP contribution in [0.15, 0.2) is 0 Å². The molecule has 1 saturated heterocycles. The zero-order valence-electron chi connectivity index (χ0n) is 11.8. The first-order valence-corrected chi connectivity index (χ1v) is 6.68. The molecule has 6 heteroatoms. The molecule has 1 fully saturated rings. The Hall–Kier alpha value is -1.14. The number of methoxy groups -OCH3 is 1. The summed E-state index contributed by atoms with van der Waals surface area (Å²) < 4.78 is 10.3. The molecule has 19 heavy (non-hydrogen) atoms. The molecule has 0 aromatic carbocycles. The van der Waals surface area contributed by atoms with Crippen molar-refractivity contribution in [2.45, 2.75) is 51.4 Å². The van der Waals surface area contributed by atoms with Crippen LogP contribution in [0.1, 0.15) is 33.1 Å². The lowest BCUT2D eigenvalue weighted by Crippen LogP contribution is -2.46. The largest absolute Gasteiger partial charge is 0.479 e. The number of nitrogens with zero attached hydrogens (tertiary/aromatic N) is 1. The normalized spacial score (nSPS) is 24.2. The fraction of sp³-hybridized carbons (Fsp3) is 0.846. The lowest BCUT2D eigenvalue weighted by Gasteiger charge is -2.30. The summed E-state index contributed by atoms with van der Waals surface area (Å²) in [7, 11) is 1.59. The fourth-order valence-corrected chi connectivity index (χ4v) is 2.14. The molecule has 0 radical (unpaired) electrons. The van der Waals surface area contributed by atoms with Crippen LogP contribution >= 0.6 is 0 Å². The van der Waals surface area contributed by atoms with Crippen LogP contribution in [-0.2, 0) is 19.1 Å². The number of rotatable bonds is 7. The van der Waals surface area contributed by atoms with Gasteiger partial charge in [0.1, 0.15) is 6.10 Å². The molecular formula is C13H23NO5. The number of carboxylic acids is 1. The van der Waals surface area contributed by atoms with Crippen LogP contribution in [0.25, 0.3) is 0 Å². The summed E-state index contributed by atoms with van der Waals surface area (Å²) in [6.07, 6.45) is 0.215. The van der Waals surface area contributed by atoms with E-state index < -0.39 is 18.2 Å². The van der Waals surface area contributed by atoms with Crippen LogP contribution < -0.4 is 0 Å². The van der Waals surface area contributed by atoms with E-state index in [1.807, 2.05) is 13.8 Å². The van der Waals surface area contributed by atoms with Gasteiger partial charge in [0.15, 0.2) is 6.10 Å². The van der Waals surface area contributed by atoms with Crippen LogP contribution in [-0.4, -0.2) is 60.4 Å². The molecule has 1 aliphatic heterocycles. The van der Waals surface area contributed by atoms with Gasteiger partial charge >= 0.3 is 5.97 Å². The van der Waals surface area contributed by atoms with Gasteiger partial charge in [-0.2, -0.15) is 0 Å². The van der Waals surface area contributed by atoms with E-state index in [1.54, 1.807) is 12.0 Å². The number of carboxylic acid groups (broad SMARTS) is 1. The van der Waals surface area contributed by atoms with Gasteiger partial charge in [-0.05, 0) is 26.2 Å². The highest BCUT2D eigenvalue weighted by molar-refractivity contribution is 5.83. The summed E-state index contributed by atoms with van der Waals surface area (Å²) in [6.45, 7) is 4.94. The first-order valence-electron chi connectivity index (χ1n) is 6.68. The number of amides is 1. The van der Waals surface area contributed by atoms with E-state index in [2.05, 4.69) is 0 Å². The Morgan fingerprint density at radius 1 is 1.42 bits per heavy atom. The topological polar surface area (TPSA) is 76.1 Å². The third-order valence-electron chi connectivity index (χ3n) is 3.51. The Morgan fingerprint density at radius 3 is 2.53 bits per heavy atom. The fourth-order valence-electron chi connectivity index (χ4n) is 2.14. The molecule has 1 heterocycles. The molecule has 110 valence electrons. The molecule has 0 aliphatic carbocycles. The predicted molar refractivity (Wildman–Crippen MR) is 68.9 cm³/mol. The molecule has 1 aliphatic rings. The van der Waals surface area contributed by atoms with Crippen molar-refractivity contribution in [1.29, 1.82) is 0 Å². The molecule has 0 aromatic rings. The van der Waals surface area contributed by atoms with Gasteiger partial charge in [0.25, 0.3) is 5.91 Å². The second-order valence-electron chi connectivity index (χ2n) is 4.81. The average molecular weight is 273 g/mol. The van der Waals surface area contributed by atoms with E-state index in [1.165, 1.54) is 0 Å². The van der Waals surface area contributed by atoms with Crippen molar-refractivity contribution >= 4 is 11.9 Å². The lowest BCUT2D eigenvalue weighted by molar-refractivity contribution is -0.155. The molecule has 0 spiro atoms. The first kappa shape index (κ1) is 15.9. The SMILES string of the molecule is CCC(C)N(CCOC)C(=O)C1CCC(C(=O)O)O1. The Kier molecular flexibility index (Phi) is 6.24. The maximum atomic E-state index is 12.4. The van der Waals surface area contributed by atoms with Gasteiger partial charge in [0.05, 0.1) is 6.61 Å². The minimum atomic E-state index is -0.998. The van der Waals surface area contributed by atoms with Gasteiger partial charge in [-0.3, -0.25) is 4.79 Å². The highest BCUT2D eigenvalue weighted by Crippen LogP contribution is 2.22. The van der Waals surface area contributed by atoms with Gasteiger partial charge in [-0.15, -0.1) is 0 Å². The molecule has 1 amide bonds. The third-order valence-corrected chi connectivity index (χ3v) is 3.51. The van der Waals surface area contributed by atoms with Crippen molar-refractivity contribution in [1.82, 2.24) is 4.90 Å². The second-order valence-corrected chi connectivity index (χ2v) is 4.81. The highest BCUT2D eigenvalue weighted by atomic mass is 16.5. The van der Waals surface area contributed by atoms with Crippen molar-refractivity contribution in [3.63, 3.8) is 0 Å². The number of ether oxygens (including phenoxy) is 2. The molecule has 6 nitrogen and oxygen atoms in total. The summed E-state index contributed by atoms with van der Waals surface area (Å²) in [4.78, 5) is 24.9. The summed E-state index contributed by atoms with van der Waals surface area (Å²) in [5, 5.41) is 8.88. The van der Waals surface area contributed by atoms with Gasteiger partial charge in [-0.1, -0.05) is 6.92 Å². The molecule has 0 aromatic heterocycles. The van der Waals surface area contributed by atoms with Crippen LogP contribution in [0.4, 0.5) is 0 Å².